The molecule has 1 unspecified atom stereocenters. The van der Waals surface area contributed by atoms with Crippen molar-refractivity contribution in [2.75, 3.05) is 0 Å². The van der Waals surface area contributed by atoms with Gasteiger partial charge in [-0.1, -0.05) is 49.5 Å². The Kier molecular flexibility index (Phi) is 4.93. The van der Waals surface area contributed by atoms with Crippen LogP contribution in [0.1, 0.15) is 67.5 Å². The molecular formula is C16H25BrS. The third-order valence-electron chi connectivity index (χ3n) is 4.23. The summed E-state index contributed by atoms with van der Waals surface area (Å²) in [5, 5.41) is 0. The van der Waals surface area contributed by atoms with Crippen LogP contribution < -0.4 is 0 Å². The molecular weight excluding hydrogens is 304 g/mol. The summed E-state index contributed by atoms with van der Waals surface area (Å²) >= 11 is 6.06. The highest BCUT2D eigenvalue weighted by molar-refractivity contribution is 9.09. The van der Waals surface area contributed by atoms with Gasteiger partial charge in [-0.3, -0.25) is 0 Å². The van der Waals surface area contributed by atoms with E-state index in [1.807, 2.05) is 11.3 Å². The van der Waals surface area contributed by atoms with Gasteiger partial charge < -0.3 is 0 Å². The quantitative estimate of drug-likeness (QED) is 0.552. The van der Waals surface area contributed by atoms with Crippen molar-refractivity contribution in [1.82, 2.24) is 0 Å². The minimum atomic E-state index is 0.518. The Bertz CT molecular complexity index is 374. The predicted molar refractivity (Wildman–Crippen MR) is 85.7 cm³/mol. The highest BCUT2D eigenvalue weighted by Crippen LogP contribution is 2.56. The minimum absolute atomic E-state index is 0.518. The first-order chi connectivity index (χ1) is 8.57. The molecule has 18 heavy (non-hydrogen) atoms. The van der Waals surface area contributed by atoms with Crippen LogP contribution in [0, 0.1) is 11.3 Å². The van der Waals surface area contributed by atoms with E-state index in [4.69, 9.17) is 0 Å². The normalized spacial score (nSPS) is 20.5. The molecule has 2 heteroatoms. The van der Waals surface area contributed by atoms with E-state index in [1.54, 1.807) is 4.88 Å². The average Bonchev–Trinajstić information content (AvgIpc) is 2.96. The van der Waals surface area contributed by atoms with Gasteiger partial charge in [-0.2, -0.15) is 0 Å². The van der Waals surface area contributed by atoms with Crippen LogP contribution in [-0.4, -0.2) is 0 Å². The van der Waals surface area contributed by atoms with Crippen LogP contribution in [0.5, 0.6) is 0 Å². The second kappa shape index (κ2) is 6.09. The lowest BCUT2D eigenvalue weighted by Gasteiger charge is -2.35. The molecule has 0 aliphatic heterocycles. The van der Waals surface area contributed by atoms with E-state index in [9.17, 15) is 0 Å². The predicted octanol–water partition coefficient (Wildman–Crippen LogP) is 6.35. The summed E-state index contributed by atoms with van der Waals surface area (Å²) in [6.07, 6.45) is 8.17. The van der Waals surface area contributed by atoms with Crippen LogP contribution in [0.4, 0.5) is 0 Å². The Hall–Kier alpha value is 0.180. The Morgan fingerprint density at radius 3 is 2.44 bits per heavy atom. The maximum Gasteiger partial charge on any atom is 0.0545 e. The van der Waals surface area contributed by atoms with E-state index < -0.39 is 0 Å². The molecule has 0 saturated heterocycles. The van der Waals surface area contributed by atoms with E-state index in [0.29, 0.717) is 10.2 Å². The summed E-state index contributed by atoms with van der Waals surface area (Å²) in [4.78, 5) is 3.64. The minimum Gasteiger partial charge on any atom is -0.144 e. The number of aryl methyl sites for hydroxylation is 1. The van der Waals surface area contributed by atoms with Gasteiger partial charge in [0.1, 0.15) is 0 Å². The second-order valence-electron chi connectivity index (χ2n) is 6.19. The zero-order valence-electron chi connectivity index (χ0n) is 11.8. The largest absolute Gasteiger partial charge is 0.144 e. The summed E-state index contributed by atoms with van der Waals surface area (Å²) in [7, 11) is 0. The highest BCUT2D eigenvalue weighted by atomic mass is 79.9. The van der Waals surface area contributed by atoms with E-state index in [-0.39, 0.29) is 0 Å². The van der Waals surface area contributed by atoms with Crippen LogP contribution in [0.3, 0.4) is 0 Å². The maximum atomic E-state index is 4.05. The molecule has 1 saturated carbocycles. The number of halogens is 1. The lowest BCUT2D eigenvalue weighted by atomic mass is 9.75. The van der Waals surface area contributed by atoms with Crippen LogP contribution in [0.25, 0.3) is 0 Å². The molecule has 0 spiro atoms. The Balaban J connectivity index is 2.19. The van der Waals surface area contributed by atoms with E-state index >= 15 is 0 Å². The van der Waals surface area contributed by atoms with Crippen molar-refractivity contribution in [1.29, 1.82) is 0 Å². The second-order valence-corrected chi connectivity index (χ2v) is 8.30. The van der Waals surface area contributed by atoms with Crippen LogP contribution >= 0.6 is 27.3 Å². The molecule has 0 amide bonds. The lowest BCUT2D eigenvalue weighted by Crippen LogP contribution is -2.23. The number of alkyl halides is 1. The smallest absolute Gasteiger partial charge is 0.0545 e. The van der Waals surface area contributed by atoms with E-state index in [2.05, 4.69) is 48.8 Å². The first-order valence-electron chi connectivity index (χ1n) is 7.30. The standard InChI is InChI=1S/C16H25BrS/c1-4-13-7-8-14(18-13)15(17)16(11-12(2)3)9-5-6-10-16/h7-8,12,15H,4-6,9-11H2,1-3H3. The fraction of sp³-hybridized carbons (Fsp3) is 0.750. The summed E-state index contributed by atoms with van der Waals surface area (Å²) in [6, 6.07) is 4.66. The molecule has 102 valence electrons. The number of rotatable bonds is 5. The van der Waals surface area contributed by atoms with Crippen molar-refractivity contribution < 1.29 is 0 Å². The zero-order chi connectivity index (χ0) is 13.2. The Morgan fingerprint density at radius 2 is 1.94 bits per heavy atom. The van der Waals surface area contributed by atoms with Gasteiger partial charge in [0, 0.05) is 9.75 Å². The third kappa shape index (κ3) is 3.01. The molecule has 0 aromatic carbocycles. The molecule has 1 aromatic rings. The average molecular weight is 329 g/mol. The van der Waals surface area contributed by atoms with Crippen molar-refractivity contribution >= 4 is 27.3 Å². The third-order valence-corrected chi connectivity index (χ3v) is 7.29. The maximum absolute atomic E-state index is 4.05. The van der Waals surface area contributed by atoms with Gasteiger partial charge in [-0.25, -0.2) is 0 Å². The van der Waals surface area contributed by atoms with Gasteiger partial charge in [0.2, 0.25) is 0 Å². The molecule has 0 bridgehead atoms. The van der Waals surface area contributed by atoms with Crippen molar-refractivity contribution in [3.8, 4) is 0 Å². The Labute approximate surface area is 124 Å². The van der Waals surface area contributed by atoms with Gasteiger partial charge in [0.25, 0.3) is 0 Å². The summed E-state index contributed by atoms with van der Waals surface area (Å²) in [5.41, 5.74) is 0.518. The SMILES string of the molecule is CCc1ccc(C(Br)C2(CC(C)C)CCCC2)s1. The van der Waals surface area contributed by atoms with Gasteiger partial charge in [0.05, 0.1) is 4.83 Å². The summed E-state index contributed by atoms with van der Waals surface area (Å²) in [5.74, 6) is 0.800. The molecule has 2 rings (SSSR count). The van der Waals surface area contributed by atoms with Crippen molar-refractivity contribution in [3.63, 3.8) is 0 Å². The molecule has 1 aliphatic rings. The van der Waals surface area contributed by atoms with Crippen LogP contribution in [-0.2, 0) is 6.42 Å². The fourth-order valence-corrected chi connectivity index (χ4v) is 5.63. The van der Waals surface area contributed by atoms with Gasteiger partial charge >= 0.3 is 0 Å². The van der Waals surface area contributed by atoms with Crippen LogP contribution in [0.15, 0.2) is 12.1 Å². The molecule has 0 nitrogen and oxygen atoms in total. The monoisotopic (exact) mass is 328 g/mol. The van der Waals surface area contributed by atoms with Crippen molar-refractivity contribution in [2.24, 2.45) is 11.3 Å². The van der Waals surface area contributed by atoms with Crippen molar-refractivity contribution in [3.05, 3.63) is 21.9 Å². The molecule has 1 heterocycles. The molecule has 0 radical (unpaired) electrons. The molecule has 0 N–H and O–H groups in total. The Morgan fingerprint density at radius 1 is 1.28 bits per heavy atom. The molecule has 1 fully saturated rings. The number of thiophene rings is 1. The summed E-state index contributed by atoms with van der Waals surface area (Å²) < 4.78 is 0. The first-order valence-corrected chi connectivity index (χ1v) is 9.03. The van der Waals surface area contributed by atoms with Gasteiger partial charge in [0.15, 0.2) is 0 Å². The lowest BCUT2D eigenvalue weighted by molar-refractivity contribution is 0.232. The number of hydrogen-bond donors (Lipinski definition) is 0. The van der Waals surface area contributed by atoms with E-state index in [1.165, 1.54) is 43.4 Å². The van der Waals surface area contributed by atoms with Crippen LogP contribution in [0.2, 0.25) is 0 Å². The molecule has 1 aromatic heterocycles. The molecule has 1 aliphatic carbocycles. The van der Waals surface area contributed by atoms with Gasteiger partial charge in [-0.05, 0) is 49.1 Å². The molecule has 1 atom stereocenters. The topological polar surface area (TPSA) is 0 Å². The number of hydrogen-bond acceptors (Lipinski definition) is 1. The first kappa shape index (κ1) is 14.6. The van der Waals surface area contributed by atoms with Crippen molar-refractivity contribution in [2.45, 2.75) is 64.1 Å². The van der Waals surface area contributed by atoms with Gasteiger partial charge in [-0.15, -0.1) is 11.3 Å². The highest BCUT2D eigenvalue weighted by Gasteiger charge is 2.41. The fourth-order valence-electron chi connectivity index (χ4n) is 3.48. The van der Waals surface area contributed by atoms with E-state index in [0.717, 1.165) is 5.92 Å². The zero-order valence-corrected chi connectivity index (χ0v) is 14.2. The summed E-state index contributed by atoms with van der Waals surface area (Å²) in [6.45, 7) is 6.98.